The van der Waals surface area contributed by atoms with Gasteiger partial charge in [0.15, 0.2) is 0 Å². The minimum absolute atomic E-state index is 0.0412. The summed E-state index contributed by atoms with van der Waals surface area (Å²) in [6, 6.07) is 11.0. The van der Waals surface area contributed by atoms with Crippen molar-refractivity contribution >= 4 is 46.5 Å². The maximum atomic E-state index is 12.8. The molecule has 2 aromatic carbocycles. The lowest BCUT2D eigenvalue weighted by Crippen LogP contribution is -2.35. The summed E-state index contributed by atoms with van der Waals surface area (Å²) in [4.78, 5) is 36.3. The summed E-state index contributed by atoms with van der Waals surface area (Å²) in [7, 11) is 0. The monoisotopic (exact) mass is 452 g/mol. The van der Waals surface area contributed by atoms with Gasteiger partial charge in [0.25, 0.3) is 5.91 Å². The number of carbonyl (C=O) groups is 3. The molecule has 0 spiro atoms. The number of Topliss-reactive ketones (excluding diaryl/α,β-unsaturated/α-hetero) is 1. The van der Waals surface area contributed by atoms with E-state index in [1.54, 1.807) is 18.2 Å². The molecule has 2 amide bonds. The minimum Gasteiger partial charge on any atom is -0.345 e. The zero-order valence-electron chi connectivity index (χ0n) is 16.1. The number of ketones is 1. The Morgan fingerprint density at radius 3 is 2.58 bits per heavy atom. The SMILES string of the molecule is CC(=O)NCC#Cc1ccc2c(c1)C(=O)N/C(=C(\C#N)C(=O)c1ccc(Cl)cc1Cl)N2. The molecule has 0 saturated heterocycles. The summed E-state index contributed by atoms with van der Waals surface area (Å²) < 4.78 is 0. The standard InChI is InChI=1S/C22H14Cl2N4O3/c1-12(29)26-8-2-3-13-4-7-19-16(9-13)22(31)28-21(27-19)17(11-25)20(30)15-6-5-14(23)10-18(15)24/h4-7,9-10,27H,8H2,1H3,(H,26,29)(H,28,31)/b21-17+. The highest BCUT2D eigenvalue weighted by atomic mass is 35.5. The average Bonchev–Trinajstić information content (AvgIpc) is 2.72. The van der Waals surface area contributed by atoms with E-state index in [0.717, 1.165) is 0 Å². The van der Waals surface area contributed by atoms with Crippen LogP contribution in [0, 0.1) is 23.2 Å². The van der Waals surface area contributed by atoms with Gasteiger partial charge in [-0.05, 0) is 36.4 Å². The second kappa shape index (κ2) is 9.36. The normalized spacial score (nSPS) is 13.4. The fraction of sp³-hybridized carbons (Fsp3) is 0.0909. The molecule has 2 aromatic rings. The molecule has 3 N–H and O–H groups in total. The lowest BCUT2D eigenvalue weighted by molar-refractivity contribution is -0.118. The van der Waals surface area contributed by atoms with Crippen LogP contribution in [0.15, 0.2) is 47.8 Å². The van der Waals surface area contributed by atoms with Gasteiger partial charge in [-0.25, -0.2) is 0 Å². The summed E-state index contributed by atoms with van der Waals surface area (Å²) in [6.07, 6.45) is 0. The van der Waals surface area contributed by atoms with Gasteiger partial charge in [0.1, 0.15) is 17.5 Å². The first-order chi connectivity index (χ1) is 14.8. The number of allylic oxidation sites excluding steroid dienone is 1. The number of amides is 2. The van der Waals surface area contributed by atoms with Gasteiger partial charge in [-0.2, -0.15) is 5.26 Å². The molecule has 0 aromatic heterocycles. The molecule has 0 aliphatic carbocycles. The first kappa shape index (κ1) is 21.9. The Labute approximate surface area is 188 Å². The average molecular weight is 453 g/mol. The first-order valence-electron chi connectivity index (χ1n) is 8.90. The highest BCUT2D eigenvalue weighted by molar-refractivity contribution is 6.37. The number of nitrogens with one attached hydrogen (secondary N) is 3. The van der Waals surface area contributed by atoms with Crippen LogP contribution in [0.2, 0.25) is 10.0 Å². The van der Waals surface area contributed by atoms with Crippen molar-refractivity contribution in [2.45, 2.75) is 6.92 Å². The summed E-state index contributed by atoms with van der Waals surface area (Å²) in [5, 5.41) is 18.0. The predicted molar refractivity (Wildman–Crippen MR) is 117 cm³/mol. The molecule has 0 atom stereocenters. The zero-order valence-corrected chi connectivity index (χ0v) is 17.6. The van der Waals surface area contributed by atoms with Crippen LogP contribution in [-0.4, -0.2) is 24.1 Å². The number of hydrogen-bond acceptors (Lipinski definition) is 5. The van der Waals surface area contributed by atoms with E-state index in [0.29, 0.717) is 21.8 Å². The van der Waals surface area contributed by atoms with Crippen LogP contribution in [0.4, 0.5) is 5.69 Å². The van der Waals surface area contributed by atoms with Crippen LogP contribution in [0.1, 0.15) is 33.2 Å². The van der Waals surface area contributed by atoms with Gasteiger partial charge < -0.3 is 16.0 Å². The Bertz CT molecular complexity index is 1250. The Kier molecular flexibility index (Phi) is 6.61. The predicted octanol–water partition coefficient (Wildman–Crippen LogP) is 3.25. The van der Waals surface area contributed by atoms with Gasteiger partial charge in [-0.3, -0.25) is 14.4 Å². The second-order valence-corrected chi connectivity index (χ2v) is 7.21. The summed E-state index contributed by atoms with van der Waals surface area (Å²) in [5.41, 5.74) is 1.06. The minimum atomic E-state index is -0.657. The smallest absolute Gasteiger partial charge is 0.258 e. The number of halogens is 2. The molecule has 7 nitrogen and oxygen atoms in total. The third-order valence-electron chi connectivity index (χ3n) is 4.19. The fourth-order valence-electron chi connectivity index (χ4n) is 2.73. The van der Waals surface area contributed by atoms with Gasteiger partial charge in [0.05, 0.1) is 22.8 Å². The number of nitriles is 1. The van der Waals surface area contributed by atoms with Gasteiger partial charge in [0, 0.05) is 23.1 Å². The number of rotatable bonds is 3. The van der Waals surface area contributed by atoms with Crippen LogP contribution < -0.4 is 16.0 Å². The molecule has 1 heterocycles. The van der Waals surface area contributed by atoms with E-state index in [1.165, 1.54) is 25.1 Å². The Morgan fingerprint density at radius 2 is 1.90 bits per heavy atom. The zero-order chi connectivity index (χ0) is 22.5. The van der Waals surface area contributed by atoms with Gasteiger partial charge in [0.2, 0.25) is 11.7 Å². The van der Waals surface area contributed by atoms with Gasteiger partial charge in [-0.1, -0.05) is 35.0 Å². The Morgan fingerprint density at radius 1 is 1.13 bits per heavy atom. The number of benzene rings is 2. The molecule has 31 heavy (non-hydrogen) atoms. The lowest BCUT2D eigenvalue weighted by atomic mass is 10.0. The van der Waals surface area contributed by atoms with Crippen LogP contribution in [-0.2, 0) is 4.79 Å². The third kappa shape index (κ3) is 5.04. The molecule has 0 saturated carbocycles. The summed E-state index contributed by atoms with van der Waals surface area (Å²) >= 11 is 11.9. The maximum absolute atomic E-state index is 12.8. The van der Waals surface area contributed by atoms with E-state index in [9.17, 15) is 19.6 Å². The van der Waals surface area contributed by atoms with E-state index in [-0.39, 0.29) is 34.4 Å². The molecule has 154 valence electrons. The highest BCUT2D eigenvalue weighted by Gasteiger charge is 2.26. The molecular formula is C22H14Cl2N4O3. The Balaban J connectivity index is 1.90. The van der Waals surface area contributed by atoms with Crippen LogP contribution in [0.25, 0.3) is 0 Å². The molecule has 1 aliphatic heterocycles. The van der Waals surface area contributed by atoms with Crippen molar-refractivity contribution in [3.05, 3.63) is 74.5 Å². The maximum Gasteiger partial charge on any atom is 0.258 e. The van der Waals surface area contributed by atoms with Gasteiger partial charge >= 0.3 is 0 Å². The van der Waals surface area contributed by atoms with Crippen molar-refractivity contribution in [3.8, 4) is 17.9 Å². The topological polar surface area (TPSA) is 111 Å². The largest absolute Gasteiger partial charge is 0.345 e. The number of carbonyl (C=O) groups excluding carboxylic acids is 3. The highest BCUT2D eigenvalue weighted by Crippen LogP contribution is 2.27. The summed E-state index contributed by atoms with van der Waals surface area (Å²) in [6.45, 7) is 1.58. The van der Waals surface area contributed by atoms with E-state index in [2.05, 4.69) is 27.8 Å². The van der Waals surface area contributed by atoms with E-state index in [4.69, 9.17) is 23.2 Å². The van der Waals surface area contributed by atoms with Crippen molar-refractivity contribution in [2.75, 3.05) is 11.9 Å². The van der Waals surface area contributed by atoms with E-state index >= 15 is 0 Å². The molecule has 9 heteroatoms. The van der Waals surface area contributed by atoms with Crippen molar-refractivity contribution < 1.29 is 14.4 Å². The van der Waals surface area contributed by atoms with E-state index < -0.39 is 11.7 Å². The number of anilines is 1. The molecular weight excluding hydrogens is 439 g/mol. The molecule has 0 fully saturated rings. The molecule has 3 rings (SSSR count). The molecule has 0 unspecified atom stereocenters. The first-order valence-corrected chi connectivity index (χ1v) is 9.65. The quantitative estimate of drug-likeness (QED) is 0.286. The molecule has 0 bridgehead atoms. The Hall–Kier alpha value is -3.78. The lowest BCUT2D eigenvalue weighted by Gasteiger charge is -2.22. The molecule has 1 aliphatic rings. The third-order valence-corrected chi connectivity index (χ3v) is 4.73. The number of fused-ring (bicyclic) bond motifs is 1. The van der Waals surface area contributed by atoms with Crippen molar-refractivity contribution in [1.82, 2.24) is 10.6 Å². The van der Waals surface area contributed by atoms with Crippen molar-refractivity contribution in [2.24, 2.45) is 0 Å². The van der Waals surface area contributed by atoms with Crippen molar-refractivity contribution in [1.29, 1.82) is 5.26 Å². The fourth-order valence-corrected chi connectivity index (χ4v) is 3.23. The molecule has 0 radical (unpaired) electrons. The second-order valence-electron chi connectivity index (χ2n) is 6.37. The van der Waals surface area contributed by atoms with E-state index in [1.807, 2.05) is 6.07 Å². The van der Waals surface area contributed by atoms with Crippen LogP contribution >= 0.6 is 23.2 Å². The van der Waals surface area contributed by atoms with Crippen molar-refractivity contribution in [3.63, 3.8) is 0 Å². The van der Waals surface area contributed by atoms with Crippen LogP contribution in [0.5, 0.6) is 0 Å². The van der Waals surface area contributed by atoms with Gasteiger partial charge in [-0.15, -0.1) is 0 Å². The summed E-state index contributed by atoms with van der Waals surface area (Å²) in [5.74, 6) is 4.24. The van der Waals surface area contributed by atoms with Crippen LogP contribution in [0.3, 0.4) is 0 Å². The number of hydrogen-bond donors (Lipinski definition) is 3. The number of nitrogens with zero attached hydrogens (tertiary/aromatic N) is 1.